The van der Waals surface area contributed by atoms with Crippen LogP contribution in [0.1, 0.15) is 56.5 Å². The van der Waals surface area contributed by atoms with Crippen LogP contribution in [-0.2, 0) is 6.42 Å². The Labute approximate surface area is 98.9 Å². The van der Waals surface area contributed by atoms with Crippen molar-refractivity contribution in [3.05, 3.63) is 35.4 Å². The standard InChI is InChI=1S/C15H22O/c1-5-6-12-7-9-13(10-8-12)14(16)11-15(2,3)4/h7-10H,5-6,11H2,1-4H3. The minimum Gasteiger partial charge on any atom is -0.294 e. The Hall–Kier alpha value is -1.11. The molecule has 1 heteroatoms. The van der Waals surface area contributed by atoms with Crippen LogP contribution in [0.15, 0.2) is 24.3 Å². The van der Waals surface area contributed by atoms with Crippen LogP contribution >= 0.6 is 0 Å². The lowest BCUT2D eigenvalue weighted by molar-refractivity contribution is 0.0940. The summed E-state index contributed by atoms with van der Waals surface area (Å²) in [7, 11) is 0. The summed E-state index contributed by atoms with van der Waals surface area (Å²) in [5.74, 6) is 0.246. The average Bonchev–Trinajstić information content (AvgIpc) is 2.16. The van der Waals surface area contributed by atoms with Gasteiger partial charge >= 0.3 is 0 Å². The van der Waals surface area contributed by atoms with Crippen molar-refractivity contribution >= 4 is 5.78 Å². The Bertz CT molecular complexity index is 341. The van der Waals surface area contributed by atoms with E-state index < -0.39 is 0 Å². The zero-order valence-electron chi connectivity index (χ0n) is 10.8. The number of hydrogen-bond acceptors (Lipinski definition) is 1. The Morgan fingerprint density at radius 1 is 1.12 bits per heavy atom. The fourth-order valence-corrected chi connectivity index (χ4v) is 1.73. The van der Waals surface area contributed by atoms with Crippen molar-refractivity contribution < 1.29 is 4.79 Å². The summed E-state index contributed by atoms with van der Waals surface area (Å²) in [5.41, 5.74) is 2.23. The fourth-order valence-electron chi connectivity index (χ4n) is 1.73. The predicted octanol–water partition coefficient (Wildman–Crippen LogP) is 4.26. The molecule has 16 heavy (non-hydrogen) atoms. The van der Waals surface area contributed by atoms with Crippen molar-refractivity contribution in [1.29, 1.82) is 0 Å². The minimum absolute atomic E-state index is 0.0686. The molecule has 1 aromatic rings. The van der Waals surface area contributed by atoms with Crippen LogP contribution in [0, 0.1) is 5.41 Å². The van der Waals surface area contributed by atoms with Gasteiger partial charge in [0.2, 0.25) is 0 Å². The van der Waals surface area contributed by atoms with Gasteiger partial charge in [0.15, 0.2) is 5.78 Å². The lowest BCUT2D eigenvalue weighted by Crippen LogP contribution is -2.13. The maximum absolute atomic E-state index is 11.9. The number of carbonyl (C=O) groups is 1. The van der Waals surface area contributed by atoms with Gasteiger partial charge in [0, 0.05) is 12.0 Å². The first-order valence-corrected chi connectivity index (χ1v) is 6.04. The Morgan fingerprint density at radius 3 is 2.12 bits per heavy atom. The quantitative estimate of drug-likeness (QED) is 0.690. The number of hydrogen-bond donors (Lipinski definition) is 0. The molecule has 0 radical (unpaired) electrons. The molecule has 1 aromatic carbocycles. The topological polar surface area (TPSA) is 17.1 Å². The molecule has 0 N–H and O–H groups in total. The lowest BCUT2D eigenvalue weighted by Gasteiger charge is -2.16. The van der Waals surface area contributed by atoms with Crippen LogP contribution in [0.2, 0.25) is 0 Å². The summed E-state index contributed by atoms with van der Waals surface area (Å²) in [6.07, 6.45) is 2.85. The molecule has 0 saturated heterocycles. The van der Waals surface area contributed by atoms with E-state index in [2.05, 4.69) is 39.8 Å². The van der Waals surface area contributed by atoms with Crippen LogP contribution in [0.3, 0.4) is 0 Å². The van der Waals surface area contributed by atoms with E-state index in [-0.39, 0.29) is 11.2 Å². The summed E-state index contributed by atoms with van der Waals surface area (Å²) < 4.78 is 0. The van der Waals surface area contributed by atoms with Gasteiger partial charge in [-0.25, -0.2) is 0 Å². The van der Waals surface area contributed by atoms with Crippen LogP contribution < -0.4 is 0 Å². The fraction of sp³-hybridized carbons (Fsp3) is 0.533. The number of Topliss-reactive ketones (excluding diaryl/α,β-unsaturated/α-hetero) is 1. The van der Waals surface area contributed by atoms with Crippen molar-refractivity contribution in [3.63, 3.8) is 0 Å². The van der Waals surface area contributed by atoms with Gasteiger partial charge in [-0.1, -0.05) is 58.4 Å². The molecule has 0 spiro atoms. The maximum atomic E-state index is 11.9. The highest BCUT2D eigenvalue weighted by Gasteiger charge is 2.16. The van der Waals surface area contributed by atoms with E-state index in [4.69, 9.17) is 0 Å². The van der Waals surface area contributed by atoms with Crippen molar-refractivity contribution in [2.75, 3.05) is 0 Å². The van der Waals surface area contributed by atoms with Crippen molar-refractivity contribution in [1.82, 2.24) is 0 Å². The molecular formula is C15H22O. The van der Waals surface area contributed by atoms with Gasteiger partial charge in [0.05, 0.1) is 0 Å². The number of carbonyl (C=O) groups excluding carboxylic acids is 1. The number of aryl methyl sites for hydroxylation is 1. The van der Waals surface area contributed by atoms with E-state index in [1.54, 1.807) is 0 Å². The molecule has 0 amide bonds. The molecule has 0 aliphatic carbocycles. The molecular weight excluding hydrogens is 196 g/mol. The molecule has 0 bridgehead atoms. The molecule has 1 nitrogen and oxygen atoms in total. The van der Waals surface area contributed by atoms with Gasteiger partial charge in [0.25, 0.3) is 0 Å². The maximum Gasteiger partial charge on any atom is 0.163 e. The Kier molecular flexibility index (Phi) is 4.28. The summed E-state index contributed by atoms with van der Waals surface area (Å²) in [6.45, 7) is 8.45. The zero-order valence-corrected chi connectivity index (χ0v) is 10.8. The van der Waals surface area contributed by atoms with Crippen LogP contribution in [0.5, 0.6) is 0 Å². The molecule has 1 rings (SSSR count). The third-order valence-corrected chi connectivity index (χ3v) is 2.51. The van der Waals surface area contributed by atoms with Gasteiger partial charge in [0.1, 0.15) is 0 Å². The molecule has 0 aromatic heterocycles. The van der Waals surface area contributed by atoms with Gasteiger partial charge in [-0.3, -0.25) is 4.79 Å². The number of rotatable bonds is 4. The SMILES string of the molecule is CCCc1ccc(C(=O)CC(C)(C)C)cc1. The Morgan fingerprint density at radius 2 is 1.69 bits per heavy atom. The zero-order chi connectivity index (χ0) is 12.2. The van der Waals surface area contributed by atoms with E-state index in [1.165, 1.54) is 5.56 Å². The summed E-state index contributed by atoms with van der Waals surface area (Å²) in [5, 5.41) is 0. The third-order valence-electron chi connectivity index (χ3n) is 2.51. The van der Waals surface area contributed by atoms with Crippen molar-refractivity contribution in [2.45, 2.75) is 47.0 Å². The first kappa shape index (κ1) is 13.0. The summed E-state index contributed by atoms with van der Waals surface area (Å²) in [4.78, 5) is 11.9. The highest BCUT2D eigenvalue weighted by atomic mass is 16.1. The normalized spacial score (nSPS) is 11.5. The summed E-state index contributed by atoms with van der Waals surface area (Å²) >= 11 is 0. The molecule has 0 fully saturated rings. The van der Waals surface area contributed by atoms with Crippen LogP contribution in [0.4, 0.5) is 0 Å². The summed E-state index contributed by atoms with van der Waals surface area (Å²) in [6, 6.07) is 8.05. The van der Waals surface area contributed by atoms with Gasteiger partial charge in [-0.2, -0.15) is 0 Å². The minimum atomic E-state index is 0.0686. The second-order valence-corrected chi connectivity index (χ2v) is 5.61. The predicted molar refractivity (Wildman–Crippen MR) is 68.8 cm³/mol. The second-order valence-electron chi connectivity index (χ2n) is 5.61. The van der Waals surface area contributed by atoms with E-state index >= 15 is 0 Å². The molecule has 0 unspecified atom stereocenters. The average molecular weight is 218 g/mol. The molecule has 0 atom stereocenters. The molecule has 0 aliphatic heterocycles. The smallest absolute Gasteiger partial charge is 0.163 e. The van der Waals surface area contributed by atoms with E-state index in [1.807, 2.05) is 12.1 Å². The third kappa shape index (κ3) is 4.18. The lowest BCUT2D eigenvalue weighted by atomic mass is 9.87. The van der Waals surface area contributed by atoms with E-state index in [0.717, 1.165) is 18.4 Å². The Balaban J connectivity index is 2.70. The highest BCUT2D eigenvalue weighted by Crippen LogP contribution is 2.21. The first-order chi connectivity index (χ1) is 7.42. The van der Waals surface area contributed by atoms with Crippen molar-refractivity contribution in [3.8, 4) is 0 Å². The van der Waals surface area contributed by atoms with Gasteiger partial charge in [-0.15, -0.1) is 0 Å². The largest absolute Gasteiger partial charge is 0.294 e. The monoisotopic (exact) mass is 218 g/mol. The number of benzene rings is 1. The van der Waals surface area contributed by atoms with Gasteiger partial charge in [-0.05, 0) is 17.4 Å². The molecule has 88 valence electrons. The highest BCUT2D eigenvalue weighted by molar-refractivity contribution is 5.96. The van der Waals surface area contributed by atoms with Gasteiger partial charge < -0.3 is 0 Å². The van der Waals surface area contributed by atoms with E-state index in [0.29, 0.717) is 6.42 Å². The van der Waals surface area contributed by atoms with Crippen LogP contribution in [-0.4, -0.2) is 5.78 Å². The first-order valence-electron chi connectivity index (χ1n) is 6.04. The second kappa shape index (κ2) is 5.29. The number of ketones is 1. The van der Waals surface area contributed by atoms with Crippen molar-refractivity contribution in [2.24, 2.45) is 5.41 Å². The molecule has 0 aliphatic rings. The van der Waals surface area contributed by atoms with Crippen LogP contribution in [0.25, 0.3) is 0 Å². The molecule has 0 heterocycles. The van der Waals surface area contributed by atoms with E-state index in [9.17, 15) is 4.79 Å². The molecule has 0 saturated carbocycles.